The highest BCUT2D eigenvalue weighted by molar-refractivity contribution is 6.51. The third kappa shape index (κ3) is 3.35. The molecule has 1 unspecified atom stereocenters. The number of fused-ring (bicyclic) bond motifs is 2. The number of carbonyl (C=O) groups excluding carboxylic acids is 2. The number of carbonyl (C=O) groups is 2. The maximum absolute atomic E-state index is 14.2. The first-order chi connectivity index (χ1) is 17.4. The molecule has 0 aromatic heterocycles. The molecule has 1 amide bonds. The number of aliphatic hydroxyl groups excluding tert-OH is 1. The minimum Gasteiger partial charge on any atom is -0.507 e. The van der Waals surface area contributed by atoms with Gasteiger partial charge in [0, 0.05) is 23.7 Å². The van der Waals surface area contributed by atoms with Crippen LogP contribution in [-0.2, 0) is 16.0 Å². The van der Waals surface area contributed by atoms with Crippen LogP contribution in [0.25, 0.3) is 16.5 Å². The van der Waals surface area contributed by atoms with Crippen molar-refractivity contribution >= 4 is 33.9 Å². The monoisotopic (exact) mass is 483 g/mol. The van der Waals surface area contributed by atoms with Crippen molar-refractivity contribution < 1.29 is 28.2 Å². The van der Waals surface area contributed by atoms with Gasteiger partial charge in [-0.3, -0.25) is 14.5 Å². The molecule has 0 saturated carbocycles. The van der Waals surface area contributed by atoms with E-state index in [0.717, 1.165) is 33.4 Å². The first kappa shape index (κ1) is 22.0. The molecule has 1 fully saturated rings. The summed E-state index contributed by atoms with van der Waals surface area (Å²) < 4.78 is 33.5. The maximum Gasteiger partial charge on any atom is 0.300 e. The van der Waals surface area contributed by atoms with Gasteiger partial charge >= 0.3 is 0 Å². The fraction of sp³-hybridized carbons (Fsp3) is 0.103. The number of ketones is 1. The van der Waals surface area contributed by atoms with E-state index < -0.39 is 29.4 Å². The highest BCUT2D eigenvalue weighted by Crippen LogP contribution is 2.44. The number of aliphatic hydroxyl groups is 1. The first-order valence-corrected chi connectivity index (χ1v) is 11.4. The summed E-state index contributed by atoms with van der Waals surface area (Å²) in [6, 6.07) is 19.9. The quantitative estimate of drug-likeness (QED) is 0.231. The van der Waals surface area contributed by atoms with Gasteiger partial charge in [0.25, 0.3) is 11.7 Å². The number of nitrogens with zero attached hydrogens (tertiary/aromatic N) is 1. The molecule has 1 saturated heterocycles. The summed E-state index contributed by atoms with van der Waals surface area (Å²) in [5, 5.41) is 13.0. The van der Waals surface area contributed by atoms with Crippen LogP contribution >= 0.6 is 0 Å². The molecule has 0 bridgehead atoms. The smallest absolute Gasteiger partial charge is 0.300 e. The SMILES string of the molecule is O=C1C(=O)N(c2ccc(F)c(F)c2)C(c2cccc3ccccc23)/C1=C(/O)c1ccc2c(c1)CCO2. The van der Waals surface area contributed by atoms with Crippen molar-refractivity contribution in [1.29, 1.82) is 0 Å². The molecule has 7 heteroatoms. The molecule has 2 heterocycles. The van der Waals surface area contributed by atoms with Crippen molar-refractivity contribution in [2.75, 3.05) is 11.5 Å². The molecule has 5 nitrogen and oxygen atoms in total. The fourth-order valence-corrected chi connectivity index (χ4v) is 5.01. The second-order valence-electron chi connectivity index (χ2n) is 8.76. The van der Waals surface area contributed by atoms with Crippen LogP contribution in [0.2, 0.25) is 0 Å². The van der Waals surface area contributed by atoms with Crippen LogP contribution in [0.1, 0.15) is 22.7 Å². The zero-order valence-corrected chi connectivity index (χ0v) is 18.9. The topological polar surface area (TPSA) is 66.8 Å². The standard InChI is InChI=1S/C29H19F2NO4/c30-22-10-9-19(15-23(22)31)32-26(21-7-3-5-16-4-1-2-6-20(16)21)25(28(34)29(32)35)27(33)18-8-11-24-17(14-18)12-13-36-24/h1-11,14-15,26,33H,12-13H2/b27-25-. The lowest BCUT2D eigenvalue weighted by atomic mass is 9.91. The Morgan fingerprint density at radius 2 is 1.72 bits per heavy atom. The second kappa shape index (κ2) is 8.30. The average molecular weight is 483 g/mol. The van der Waals surface area contributed by atoms with Crippen molar-refractivity contribution in [2.45, 2.75) is 12.5 Å². The number of anilines is 1. The Bertz CT molecular complexity index is 1610. The average Bonchev–Trinajstić information content (AvgIpc) is 3.47. The second-order valence-corrected chi connectivity index (χ2v) is 8.76. The van der Waals surface area contributed by atoms with Gasteiger partial charge in [0.05, 0.1) is 18.2 Å². The van der Waals surface area contributed by atoms with Gasteiger partial charge in [-0.15, -0.1) is 0 Å². The molecule has 36 heavy (non-hydrogen) atoms. The molecule has 2 aliphatic heterocycles. The maximum atomic E-state index is 14.2. The molecule has 2 aliphatic rings. The van der Waals surface area contributed by atoms with E-state index in [4.69, 9.17) is 4.74 Å². The van der Waals surface area contributed by atoms with E-state index in [1.54, 1.807) is 30.3 Å². The van der Waals surface area contributed by atoms with E-state index in [-0.39, 0.29) is 17.0 Å². The number of hydrogen-bond donors (Lipinski definition) is 1. The largest absolute Gasteiger partial charge is 0.507 e. The molecule has 6 rings (SSSR count). The fourth-order valence-electron chi connectivity index (χ4n) is 5.01. The van der Waals surface area contributed by atoms with Crippen molar-refractivity contribution in [3.8, 4) is 5.75 Å². The third-order valence-corrected chi connectivity index (χ3v) is 6.71. The van der Waals surface area contributed by atoms with Crippen molar-refractivity contribution in [3.05, 3.63) is 113 Å². The van der Waals surface area contributed by atoms with Gasteiger partial charge in [0.2, 0.25) is 0 Å². The predicted molar refractivity (Wildman–Crippen MR) is 131 cm³/mol. The van der Waals surface area contributed by atoms with Gasteiger partial charge in [0.15, 0.2) is 11.6 Å². The minimum atomic E-state index is -1.15. The summed E-state index contributed by atoms with van der Waals surface area (Å²) in [5.74, 6) is -3.70. The Labute approximate surface area is 204 Å². The van der Waals surface area contributed by atoms with Crippen LogP contribution < -0.4 is 9.64 Å². The summed E-state index contributed by atoms with van der Waals surface area (Å²) in [7, 11) is 0. The number of ether oxygens (including phenoxy) is 1. The van der Waals surface area contributed by atoms with Gasteiger partial charge < -0.3 is 9.84 Å². The van der Waals surface area contributed by atoms with Gasteiger partial charge in [-0.2, -0.15) is 0 Å². The lowest BCUT2D eigenvalue weighted by molar-refractivity contribution is -0.132. The first-order valence-electron chi connectivity index (χ1n) is 11.4. The summed E-state index contributed by atoms with van der Waals surface area (Å²) in [4.78, 5) is 27.9. The molecular formula is C29H19F2NO4. The Hall–Kier alpha value is -4.52. The van der Waals surface area contributed by atoms with Gasteiger partial charge in [-0.1, -0.05) is 42.5 Å². The van der Waals surface area contributed by atoms with E-state index in [1.165, 1.54) is 6.07 Å². The van der Waals surface area contributed by atoms with E-state index in [0.29, 0.717) is 29.9 Å². The predicted octanol–water partition coefficient (Wildman–Crippen LogP) is 5.68. The number of benzene rings is 4. The number of hydrogen-bond acceptors (Lipinski definition) is 4. The summed E-state index contributed by atoms with van der Waals surface area (Å²) >= 11 is 0. The van der Waals surface area contributed by atoms with Crippen LogP contribution in [-0.4, -0.2) is 23.4 Å². The van der Waals surface area contributed by atoms with E-state index in [2.05, 4.69) is 0 Å². The number of rotatable bonds is 3. The molecular weight excluding hydrogens is 464 g/mol. The summed E-state index contributed by atoms with van der Waals surface area (Å²) in [5.41, 5.74) is 1.71. The molecule has 0 aliphatic carbocycles. The van der Waals surface area contributed by atoms with Crippen molar-refractivity contribution in [3.63, 3.8) is 0 Å². The van der Waals surface area contributed by atoms with Gasteiger partial charge in [-0.05, 0) is 52.2 Å². The molecule has 1 N–H and O–H groups in total. The molecule has 178 valence electrons. The third-order valence-electron chi connectivity index (χ3n) is 6.71. The molecule has 4 aromatic rings. The number of halogens is 2. The molecule has 0 spiro atoms. The molecule has 0 radical (unpaired) electrons. The number of amides is 1. The molecule has 4 aromatic carbocycles. The summed E-state index contributed by atoms with van der Waals surface area (Å²) in [6.45, 7) is 0.524. The lowest BCUT2D eigenvalue weighted by Gasteiger charge is -2.26. The highest BCUT2D eigenvalue weighted by atomic mass is 19.2. The zero-order valence-electron chi connectivity index (χ0n) is 18.9. The van der Waals surface area contributed by atoms with Crippen LogP contribution in [0.5, 0.6) is 5.75 Å². The number of Topliss-reactive ketones (excluding diaryl/α,β-unsaturated/α-hetero) is 1. The Morgan fingerprint density at radius 1 is 0.917 bits per heavy atom. The summed E-state index contributed by atoms with van der Waals surface area (Å²) in [6.07, 6.45) is 0.659. The highest BCUT2D eigenvalue weighted by Gasteiger charge is 2.47. The molecule has 1 atom stereocenters. The Balaban J connectivity index is 1.62. The lowest BCUT2D eigenvalue weighted by Crippen LogP contribution is -2.29. The Kier molecular flexibility index (Phi) is 5.07. The normalized spacial score (nSPS) is 18.5. The Morgan fingerprint density at radius 3 is 2.56 bits per heavy atom. The van der Waals surface area contributed by atoms with E-state index in [1.807, 2.05) is 30.3 Å². The van der Waals surface area contributed by atoms with Crippen LogP contribution in [0, 0.1) is 11.6 Å². The minimum absolute atomic E-state index is 0.00957. The van der Waals surface area contributed by atoms with E-state index in [9.17, 15) is 23.5 Å². The van der Waals surface area contributed by atoms with Crippen molar-refractivity contribution in [2.24, 2.45) is 0 Å². The van der Waals surface area contributed by atoms with Crippen LogP contribution in [0.15, 0.2) is 84.4 Å². The van der Waals surface area contributed by atoms with Crippen LogP contribution in [0.4, 0.5) is 14.5 Å². The van der Waals surface area contributed by atoms with Gasteiger partial charge in [0.1, 0.15) is 11.5 Å². The van der Waals surface area contributed by atoms with Crippen molar-refractivity contribution in [1.82, 2.24) is 0 Å². The van der Waals surface area contributed by atoms with E-state index >= 15 is 0 Å². The van der Waals surface area contributed by atoms with Gasteiger partial charge in [-0.25, -0.2) is 8.78 Å². The van der Waals surface area contributed by atoms with Crippen LogP contribution in [0.3, 0.4) is 0 Å². The zero-order chi connectivity index (χ0) is 25.0.